The number of halogens is 1. The maximum Gasteiger partial charge on any atom is 0.273 e. The van der Waals surface area contributed by atoms with Gasteiger partial charge in [-0.3, -0.25) is 4.79 Å². The van der Waals surface area contributed by atoms with E-state index in [1.165, 1.54) is 45.2 Å². The number of nitrogens with zero attached hydrogens (tertiary/aromatic N) is 2. The summed E-state index contributed by atoms with van der Waals surface area (Å²) in [6.45, 7) is 4.21. The molecule has 1 aromatic carbocycles. The van der Waals surface area contributed by atoms with Crippen LogP contribution < -0.4 is 5.32 Å². The summed E-state index contributed by atoms with van der Waals surface area (Å²) in [6, 6.07) is 8.96. The summed E-state index contributed by atoms with van der Waals surface area (Å²) in [5.41, 5.74) is 1.43. The first-order valence-electron chi connectivity index (χ1n) is 9.37. The number of carbonyl (C=O) groups excluding carboxylic acids is 1. The number of aromatic nitrogens is 1. The van der Waals surface area contributed by atoms with Crippen LogP contribution in [0.2, 0.25) is 5.02 Å². The summed E-state index contributed by atoms with van der Waals surface area (Å²) in [7, 11) is 0. The summed E-state index contributed by atoms with van der Waals surface area (Å²) in [6.07, 6.45) is 6.34. The molecule has 1 aliphatic heterocycles. The Morgan fingerprint density at radius 1 is 1.19 bits per heavy atom. The van der Waals surface area contributed by atoms with E-state index in [9.17, 15) is 4.79 Å². The minimum atomic E-state index is -0.168. The Balaban J connectivity index is 1.33. The Hall–Kier alpha value is -1.85. The van der Waals surface area contributed by atoms with E-state index in [1.807, 2.05) is 12.1 Å². The van der Waals surface area contributed by atoms with Gasteiger partial charge in [-0.15, -0.1) is 0 Å². The van der Waals surface area contributed by atoms with Crippen LogP contribution in [0.4, 0.5) is 0 Å². The van der Waals surface area contributed by atoms with E-state index < -0.39 is 0 Å². The monoisotopic (exact) mass is 373 g/mol. The molecule has 2 aromatic rings. The van der Waals surface area contributed by atoms with E-state index in [1.54, 1.807) is 18.2 Å². The molecule has 4 rings (SSSR count). The third kappa shape index (κ3) is 4.10. The minimum absolute atomic E-state index is 0.168. The van der Waals surface area contributed by atoms with Crippen LogP contribution in [0.1, 0.15) is 42.6 Å². The molecule has 1 saturated carbocycles. The van der Waals surface area contributed by atoms with E-state index in [2.05, 4.69) is 15.4 Å². The fourth-order valence-corrected chi connectivity index (χ4v) is 3.78. The smallest absolute Gasteiger partial charge is 0.273 e. The molecule has 1 aliphatic carbocycles. The fourth-order valence-electron chi connectivity index (χ4n) is 3.65. The number of likely N-dealkylation sites (tertiary alicyclic amines) is 1. The molecule has 0 atom stereocenters. The van der Waals surface area contributed by atoms with Crippen LogP contribution in [0.3, 0.4) is 0 Å². The highest BCUT2D eigenvalue weighted by molar-refractivity contribution is 6.30. The Kier molecular flexibility index (Phi) is 5.00. The molecule has 1 aromatic heterocycles. The van der Waals surface area contributed by atoms with E-state index >= 15 is 0 Å². The number of rotatable bonds is 6. The highest BCUT2D eigenvalue weighted by atomic mass is 35.5. The second-order valence-corrected chi connectivity index (χ2v) is 8.04. The maximum absolute atomic E-state index is 12.4. The lowest BCUT2D eigenvalue weighted by atomic mass is 10.0. The summed E-state index contributed by atoms with van der Waals surface area (Å²) in [5, 5.41) is 7.64. The molecule has 6 heteroatoms. The molecule has 0 bridgehead atoms. The van der Waals surface area contributed by atoms with Gasteiger partial charge < -0.3 is 14.7 Å². The van der Waals surface area contributed by atoms with Gasteiger partial charge in [-0.2, -0.15) is 0 Å². The molecule has 2 heterocycles. The molecule has 2 fully saturated rings. The van der Waals surface area contributed by atoms with Crippen molar-refractivity contribution in [3.63, 3.8) is 0 Å². The van der Waals surface area contributed by atoms with Gasteiger partial charge in [-0.25, -0.2) is 0 Å². The first-order chi connectivity index (χ1) is 12.6. The number of nitrogens with one attached hydrogen (secondary N) is 1. The second kappa shape index (κ2) is 7.41. The van der Waals surface area contributed by atoms with Crippen LogP contribution in [0.15, 0.2) is 34.9 Å². The molecule has 138 valence electrons. The Morgan fingerprint density at radius 2 is 1.92 bits per heavy atom. The lowest BCUT2D eigenvalue weighted by Gasteiger charge is -2.30. The SMILES string of the molecule is O=C(NCC1(CN2CCCCC2)CC1)c1cc(-c2ccc(Cl)cc2)on1. The third-order valence-electron chi connectivity index (χ3n) is 5.46. The van der Waals surface area contributed by atoms with Gasteiger partial charge in [0.2, 0.25) is 0 Å². The number of carbonyl (C=O) groups is 1. The van der Waals surface area contributed by atoms with Crippen molar-refractivity contribution in [2.24, 2.45) is 5.41 Å². The quantitative estimate of drug-likeness (QED) is 0.831. The van der Waals surface area contributed by atoms with Crippen molar-refractivity contribution < 1.29 is 9.32 Å². The van der Waals surface area contributed by atoms with Gasteiger partial charge in [0.15, 0.2) is 11.5 Å². The van der Waals surface area contributed by atoms with Gasteiger partial charge in [0.05, 0.1) is 0 Å². The molecular formula is C20H24ClN3O2. The Morgan fingerprint density at radius 3 is 2.62 bits per heavy atom. The zero-order chi connectivity index (χ0) is 18.0. The van der Waals surface area contributed by atoms with E-state index in [0.29, 0.717) is 23.0 Å². The molecule has 1 N–H and O–H groups in total. The zero-order valence-electron chi connectivity index (χ0n) is 14.8. The summed E-state index contributed by atoms with van der Waals surface area (Å²) < 4.78 is 5.32. The third-order valence-corrected chi connectivity index (χ3v) is 5.71. The van der Waals surface area contributed by atoms with E-state index in [0.717, 1.165) is 12.1 Å². The van der Waals surface area contributed by atoms with Crippen LogP contribution in [0.5, 0.6) is 0 Å². The highest BCUT2D eigenvalue weighted by Gasteiger charge is 2.44. The van der Waals surface area contributed by atoms with Gasteiger partial charge in [-0.05, 0) is 63.0 Å². The molecule has 5 nitrogen and oxygen atoms in total. The maximum atomic E-state index is 12.4. The summed E-state index contributed by atoms with van der Waals surface area (Å²) in [4.78, 5) is 15.0. The lowest BCUT2D eigenvalue weighted by Crippen LogP contribution is -2.40. The molecular weight excluding hydrogens is 350 g/mol. The highest BCUT2D eigenvalue weighted by Crippen LogP contribution is 2.46. The summed E-state index contributed by atoms with van der Waals surface area (Å²) >= 11 is 5.90. The molecule has 1 saturated heterocycles. The van der Waals surface area contributed by atoms with Gasteiger partial charge >= 0.3 is 0 Å². The average molecular weight is 374 g/mol. The first-order valence-corrected chi connectivity index (χ1v) is 9.75. The Bertz CT molecular complexity index is 762. The molecule has 0 spiro atoms. The van der Waals surface area contributed by atoms with Crippen LogP contribution in [0, 0.1) is 5.41 Å². The topological polar surface area (TPSA) is 58.4 Å². The molecule has 26 heavy (non-hydrogen) atoms. The van der Waals surface area contributed by atoms with Crippen molar-refractivity contribution in [1.29, 1.82) is 0 Å². The van der Waals surface area contributed by atoms with E-state index in [4.69, 9.17) is 16.1 Å². The predicted molar refractivity (Wildman–Crippen MR) is 101 cm³/mol. The normalized spacial score (nSPS) is 19.3. The molecule has 0 radical (unpaired) electrons. The fraction of sp³-hybridized carbons (Fsp3) is 0.500. The van der Waals surface area contributed by atoms with Gasteiger partial charge in [0.1, 0.15) is 0 Å². The van der Waals surface area contributed by atoms with Gasteiger partial charge in [-0.1, -0.05) is 23.2 Å². The van der Waals surface area contributed by atoms with Gasteiger partial charge in [0.25, 0.3) is 5.91 Å². The van der Waals surface area contributed by atoms with Crippen LogP contribution >= 0.6 is 11.6 Å². The number of amides is 1. The molecule has 0 unspecified atom stereocenters. The molecule has 2 aliphatic rings. The standard InChI is InChI=1S/C20H24ClN3O2/c21-16-6-4-15(5-7-16)18-12-17(23-26-18)19(25)22-13-20(8-9-20)14-24-10-2-1-3-11-24/h4-7,12H,1-3,8-11,13-14H2,(H,22,25). The zero-order valence-corrected chi connectivity index (χ0v) is 15.6. The van der Waals surface area contributed by atoms with Crippen molar-refractivity contribution in [1.82, 2.24) is 15.4 Å². The van der Waals surface area contributed by atoms with Crippen molar-refractivity contribution >= 4 is 17.5 Å². The number of hydrogen-bond acceptors (Lipinski definition) is 4. The van der Waals surface area contributed by atoms with Crippen LogP contribution in [0.25, 0.3) is 11.3 Å². The van der Waals surface area contributed by atoms with Gasteiger partial charge in [0, 0.05) is 35.2 Å². The van der Waals surface area contributed by atoms with Crippen molar-refractivity contribution in [2.45, 2.75) is 32.1 Å². The number of hydrogen-bond donors (Lipinski definition) is 1. The van der Waals surface area contributed by atoms with Crippen molar-refractivity contribution in [2.75, 3.05) is 26.2 Å². The van der Waals surface area contributed by atoms with E-state index in [-0.39, 0.29) is 11.3 Å². The number of benzene rings is 1. The van der Waals surface area contributed by atoms with Crippen molar-refractivity contribution in [3.05, 3.63) is 41.0 Å². The second-order valence-electron chi connectivity index (χ2n) is 7.60. The minimum Gasteiger partial charge on any atom is -0.355 e. The largest absolute Gasteiger partial charge is 0.355 e. The predicted octanol–water partition coefficient (Wildman–Crippen LogP) is 3.99. The number of piperidine rings is 1. The summed E-state index contributed by atoms with van der Waals surface area (Å²) in [5.74, 6) is 0.403. The van der Waals surface area contributed by atoms with Crippen LogP contribution in [-0.2, 0) is 0 Å². The Labute approximate surface area is 158 Å². The van der Waals surface area contributed by atoms with Crippen LogP contribution in [-0.4, -0.2) is 42.1 Å². The van der Waals surface area contributed by atoms with Crippen molar-refractivity contribution in [3.8, 4) is 11.3 Å². The lowest BCUT2D eigenvalue weighted by molar-refractivity contribution is 0.0927. The first kappa shape index (κ1) is 17.6. The average Bonchev–Trinajstić information content (AvgIpc) is 3.24. The molecule has 1 amide bonds.